The van der Waals surface area contributed by atoms with Crippen molar-refractivity contribution in [2.24, 2.45) is 0 Å². The van der Waals surface area contributed by atoms with Crippen LogP contribution in [-0.4, -0.2) is 0 Å². The normalized spacial score (nSPS) is 11.1. The van der Waals surface area contributed by atoms with Crippen molar-refractivity contribution in [2.45, 2.75) is 0 Å². The molecule has 4 heteroatoms. The number of rotatable bonds is 1. The average molecular weight is 326 g/mol. The van der Waals surface area contributed by atoms with Crippen molar-refractivity contribution in [3.8, 4) is 11.3 Å². The Kier molecular flexibility index (Phi) is 2.88. The van der Waals surface area contributed by atoms with E-state index in [1.54, 1.807) is 6.07 Å². The van der Waals surface area contributed by atoms with Gasteiger partial charge in [-0.05, 0) is 24.3 Å². The Balaban J connectivity index is 2.19. The number of furan rings is 1. The molecule has 0 atom stereocenters. The summed E-state index contributed by atoms with van der Waals surface area (Å²) in [4.78, 5) is 0. The molecular weight excluding hydrogens is 319 g/mol. The molecule has 1 aromatic heterocycles. The summed E-state index contributed by atoms with van der Waals surface area (Å²) in [6, 6.07) is 12.4. The first-order valence-corrected chi connectivity index (χ1v) is 6.45. The van der Waals surface area contributed by atoms with Crippen LogP contribution in [0, 0.1) is 5.82 Å². The molecule has 0 radical (unpaired) electrons. The van der Waals surface area contributed by atoms with Crippen molar-refractivity contribution in [3.63, 3.8) is 0 Å². The van der Waals surface area contributed by atoms with Crippen LogP contribution in [0.2, 0.25) is 5.02 Å². The van der Waals surface area contributed by atoms with E-state index >= 15 is 0 Å². The maximum absolute atomic E-state index is 13.3. The van der Waals surface area contributed by atoms with Crippen LogP contribution < -0.4 is 0 Å². The molecule has 0 amide bonds. The molecule has 90 valence electrons. The minimum atomic E-state index is -0.473. The molecule has 1 heterocycles. The highest BCUT2D eigenvalue weighted by Gasteiger charge is 2.09. The Morgan fingerprint density at radius 2 is 1.94 bits per heavy atom. The quantitative estimate of drug-likeness (QED) is 0.563. The first-order chi connectivity index (χ1) is 8.63. The molecule has 0 saturated heterocycles. The SMILES string of the molecule is Fc1cc2oc(-c3cccc(Br)c3)cc2cc1Cl. The summed E-state index contributed by atoms with van der Waals surface area (Å²) in [5.41, 5.74) is 1.42. The molecule has 0 spiro atoms. The van der Waals surface area contributed by atoms with E-state index in [0.717, 1.165) is 15.4 Å². The van der Waals surface area contributed by atoms with Crippen LogP contribution in [0.5, 0.6) is 0 Å². The van der Waals surface area contributed by atoms with Crippen molar-refractivity contribution in [2.75, 3.05) is 0 Å². The average Bonchev–Trinajstić information content (AvgIpc) is 2.73. The van der Waals surface area contributed by atoms with E-state index in [9.17, 15) is 4.39 Å². The molecule has 0 N–H and O–H groups in total. The lowest BCUT2D eigenvalue weighted by atomic mass is 10.1. The van der Waals surface area contributed by atoms with Gasteiger partial charge in [0.15, 0.2) is 0 Å². The van der Waals surface area contributed by atoms with Gasteiger partial charge in [-0.15, -0.1) is 0 Å². The Hall–Kier alpha value is -1.32. The van der Waals surface area contributed by atoms with E-state index in [4.69, 9.17) is 16.0 Å². The minimum Gasteiger partial charge on any atom is -0.456 e. The standard InChI is InChI=1S/C14H7BrClFO/c15-10-3-1-2-8(4-10)13-6-9-5-11(16)12(17)7-14(9)18-13/h1-7H. The second-order valence-corrected chi connectivity index (χ2v) is 5.25. The van der Waals surface area contributed by atoms with Gasteiger partial charge in [-0.1, -0.05) is 39.7 Å². The van der Waals surface area contributed by atoms with Gasteiger partial charge in [-0.25, -0.2) is 4.39 Å². The van der Waals surface area contributed by atoms with Crippen molar-refractivity contribution in [1.82, 2.24) is 0 Å². The molecule has 0 bridgehead atoms. The van der Waals surface area contributed by atoms with E-state index in [2.05, 4.69) is 15.9 Å². The minimum absolute atomic E-state index is 0.101. The summed E-state index contributed by atoms with van der Waals surface area (Å²) in [6.07, 6.45) is 0. The van der Waals surface area contributed by atoms with Gasteiger partial charge >= 0.3 is 0 Å². The van der Waals surface area contributed by atoms with Gasteiger partial charge in [0.25, 0.3) is 0 Å². The first-order valence-electron chi connectivity index (χ1n) is 5.28. The van der Waals surface area contributed by atoms with Crippen LogP contribution in [0.3, 0.4) is 0 Å². The van der Waals surface area contributed by atoms with Gasteiger partial charge in [0.1, 0.15) is 17.2 Å². The van der Waals surface area contributed by atoms with Gasteiger partial charge < -0.3 is 4.42 Å². The van der Waals surface area contributed by atoms with E-state index in [-0.39, 0.29) is 5.02 Å². The van der Waals surface area contributed by atoms with Crippen LogP contribution in [0.1, 0.15) is 0 Å². The summed E-state index contributed by atoms with van der Waals surface area (Å²) in [5.74, 6) is 0.215. The number of fused-ring (bicyclic) bond motifs is 1. The highest BCUT2D eigenvalue weighted by atomic mass is 79.9. The van der Waals surface area contributed by atoms with Crippen LogP contribution in [0.25, 0.3) is 22.3 Å². The summed E-state index contributed by atoms with van der Waals surface area (Å²) < 4.78 is 19.9. The highest BCUT2D eigenvalue weighted by Crippen LogP contribution is 2.31. The lowest BCUT2D eigenvalue weighted by Crippen LogP contribution is -1.74. The summed E-state index contributed by atoms with van der Waals surface area (Å²) >= 11 is 9.15. The molecule has 1 nitrogen and oxygen atoms in total. The molecule has 18 heavy (non-hydrogen) atoms. The Labute approximate surface area is 116 Å². The lowest BCUT2D eigenvalue weighted by Gasteiger charge is -1.96. The molecule has 3 aromatic rings. The monoisotopic (exact) mass is 324 g/mol. The Bertz CT molecular complexity index is 697. The van der Waals surface area contributed by atoms with Crippen LogP contribution in [0.15, 0.2) is 51.4 Å². The second kappa shape index (κ2) is 4.41. The van der Waals surface area contributed by atoms with Crippen LogP contribution in [0.4, 0.5) is 4.39 Å². The predicted octanol–water partition coefficient (Wildman–Crippen LogP) is 5.65. The van der Waals surface area contributed by atoms with E-state index in [1.807, 2.05) is 30.3 Å². The van der Waals surface area contributed by atoms with Crippen molar-refractivity contribution < 1.29 is 8.81 Å². The third-order valence-corrected chi connectivity index (χ3v) is 3.45. The van der Waals surface area contributed by atoms with Crippen LogP contribution in [-0.2, 0) is 0 Å². The summed E-state index contributed by atoms with van der Waals surface area (Å²) in [5, 5.41) is 0.889. The van der Waals surface area contributed by atoms with E-state index in [0.29, 0.717) is 11.3 Å². The topological polar surface area (TPSA) is 13.1 Å². The fourth-order valence-electron chi connectivity index (χ4n) is 1.82. The van der Waals surface area contributed by atoms with Crippen molar-refractivity contribution in [3.05, 3.63) is 57.8 Å². The second-order valence-electron chi connectivity index (χ2n) is 3.93. The number of halogens is 3. The molecule has 0 fully saturated rings. The molecular formula is C14H7BrClFO. The van der Waals surface area contributed by atoms with E-state index in [1.165, 1.54) is 6.07 Å². The third kappa shape index (κ3) is 2.04. The van der Waals surface area contributed by atoms with Gasteiger partial charge in [0.2, 0.25) is 0 Å². The summed E-state index contributed by atoms with van der Waals surface area (Å²) in [7, 11) is 0. The molecule has 3 rings (SSSR count). The number of hydrogen-bond donors (Lipinski definition) is 0. The van der Waals surface area contributed by atoms with Gasteiger partial charge in [-0.2, -0.15) is 0 Å². The summed E-state index contributed by atoms with van der Waals surface area (Å²) in [6.45, 7) is 0. The smallest absolute Gasteiger partial charge is 0.145 e. The molecule has 0 aliphatic rings. The first kappa shape index (κ1) is 11.8. The fourth-order valence-corrected chi connectivity index (χ4v) is 2.39. The molecule has 0 aliphatic heterocycles. The van der Waals surface area contributed by atoms with Gasteiger partial charge in [0, 0.05) is 21.5 Å². The number of hydrogen-bond acceptors (Lipinski definition) is 1. The van der Waals surface area contributed by atoms with Crippen molar-refractivity contribution in [1.29, 1.82) is 0 Å². The predicted molar refractivity (Wildman–Crippen MR) is 74.3 cm³/mol. The maximum atomic E-state index is 13.3. The third-order valence-electron chi connectivity index (χ3n) is 2.67. The Morgan fingerprint density at radius 3 is 2.72 bits per heavy atom. The lowest BCUT2D eigenvalue weighted by molar-refractivity contribution is 0.607. The van der Waals surface area contributed by atoms with E-state index < -0.39 is 5.82 Å². The fraction of sp³-hybridized carbons (Fsp3) is 0. The van der Waals surface area contributed by atoms with Crippen molar-refractivity contribution >= 4 is 38.5 Å². The molecule has 2 aromatic carbocycles. The molecule has 0 saturated carbocycles. The van der Waals surface area contributed by atoms with Gasteiger partial charge in [-0.3, -0.25) is 0 Å². The molecule has 0 unspecified atom stereocenters. The zero-order chi connectivity index (χ0) is 12.7. The zero-order valence-electron chi connectivity index (χ0n) is 9.08. The maximum Gasteiger partial charge on any atom is 0.145 e. The number of benzene rings is 2. The highest BCUT2D eigenvalue weighted by molar-refractivity contribution is 9.10. The largest absolute Gasteiger partial charge is 0.456 e. The Morgan fingerprint density at radius 1 is 1.11 bits per heavy atom. The zero-order valence-corrected chi connectivity index (χ0v) is 11.4. The van der Waals surface area contributed by atoms with Crippen LogP contribution >= 0.6 is 27.5 Å². The van der Waals surface area contributed by atoms with Gasteiger partial charge in [0.05, 0.1) is 5.02 Å². The molecule has 0 aliphatic carbocycles.